The number of nitrogens with two attached hydrogens (primary N) is 1. The van der Waals surface area contributed by atoms with Crippen LogP contribution in [0, 0.1) is 0 Å². The SMILES string of the molecule is NCC1(c2nccc(C3CC3)n2)CCCC1. The fourth-order valence-electron chi connectivity index (χ4n) is 2.81. The second kappa shape index (κ2) is 3.81. The molecule has 0 bridgehead atoms. The molecule has 1 aromatic rings. The number of nitrogens with zero attached hydrogens (tertiary/aromatic N) is 2. The lowest BCUT2D eigenvalue weighted by Gasteiger charge is -2.25. The van der Waals surface area contributed by atoms with Crippen molar-refractivity contribution in [2.24, 2.45) is 5.73 Å². The Morgan fingerprint density at radius 2 is 2.06 bits per heavy atom. The van der Waals surface area contributed by atoms with Crippen LogP contribution in [0.15, 0.2) is 12.3 Å². The molecule has 3 nitrogen and oxygen atoms in total. The number of rotatable bonds is 3. The van der Waals surface area contributed by atoms with E-state index in [0.717, 1.165) is 18.7 Å². The van der Waals surface area contributed by atoms with Gasteiger partial charge in [-0.2, -0.15) is 0 Å². The highest BCUT2D eigenvalue weighted by Crippen LogP contribution is 2.41. The average Bonchev–Trinajstić information content (AvgIpc) is 3.08. The van der Waals surface area contributed by atoms with E-state index in [-0.39, 0.29) is 5.41 Å². The molecule has 2 aliphatic rings. The van der Waals surface area contributed by atoms with E-state index in [2.05, 4.69) is 11.1 Å². The second-order valence-corrected chi connectivity index (χ2v) is 5.27. The molecule has 0 radical (unpaired) electrons. The van der Waals surface area contributed by atoms with E-state index < -0.39 is 0 Å². The van der Waals surface area contributed by atoms with Gasteiger partial charge in [0.15, 0.2) is 0 Å². The van der Waals surface area contributed by atoms with Gasteiger partial charge in [0.25, 0.3) is 0 Å². The Bertz CT molecular complexity index is 379. The molecule has 1 aromatic heterocycles. The van der Waals surface area contributed by atoms with E-state index in [9.17, 15) is 0 Å². The predicted octanol–water partition coefficient (Wildman–Crippen LogP) is 2.12. The molecular weight excluding hydrogens is 198 g/mol. The summed E-state index contributed by atoms with van der Waals surface area (Å²) in [6.45, 7) is 0.696. The summed E-state index contributed by atoms with van der Waals surface area (Å²) in [5.41, 5.74) is 7.29. The molecule has 0 aromatic carbocycles. The van der Waals surface area contributed by atoms with Crippen LogP contribution in [0.4, 0.5) is 0 Å². The van der Waals surface area contributed by atoms with Gasteiger partial charge in [-0.3, -0.25) is 0 Å². The van der Waals surface area contributed by atoms with Crippen molar-refractivity contribution in [3.05, 3.63) is 23.8 Å². The lowest BCUT2D eigenvalue weighted by atomic mass is 9.85. The topological polar surface area (TPSA) is 51.8 Å². The maximum atomic E-state index is 5.96. The maximum Gasteiger partial charge on any atom is 0.135 e. The van der Waals surface area contributed by atoms with Crippen molar-refractivity contribution in [3.63, 3.8) is 0 Å². The minimum atomic E-state index is 0.0882. The highest BCUT2D eigenvalue weighted by atomic mass is 14.9. The molecule has 2 aliphatic carbocycles. The van der Waals surface area contributed by atoms with Gasteiger partial charge in [-0.1, -0.05) is 12.8 Å². The van der Waals surface area contributed by atoms with E-state index >= 15 is 0 Å². The van der Waals surface area contributed by atoms with Crippen LogP contribution in [0.5, 0.6) is 0 Å². The lowest BCUT2D eigenvalue weighted by molar-refractivity contribution is 0.422. The number of hydrogen-bond donors (Lipinski definition) is 1. The zero-order valence-electron chi connectivity index (χ0n) is 9.65. The first-order valence-corrected chi connectivity index (χ1v) is 6.38. The third kappa shape index (κ3) is 1.63. The van der Waals surface area contributed by atoms with Crippen LogP contribution in [0.3, 0.4) is 0 Å². The summed E-state index contributed by atoms with van der Waals surface area (Å²) in [5.74, 6) is 1.72. The first-order valence-electron chi connectivity index (χ1n) is 6.38. The fourth-order valence-corrected chi connectivity index (χ4v) is 2.81. The van der Waals surface area contributed by atoms with Gasteiger partial charge in [-0.05, 0) is 31.7 Å². The third-order valence-electron chi connectivity index (χ3n) is 4.10. The van der Waals surface area contributed by atoms with E-state index in [1.165, 1.54) is 31.4 Å². The molecule has 0 spiro atoms. The molecule has 0 unspecified atom stereocenters. The predicted molar refractivity (Wildman–Crippen MR) is 63.2 cm³/mol. The second-order valence-electron chi connectivity index (χ2n) is 5.27. The zero-order valence-corrected chi connectivity index (χ0v) is 9.65. The summed E-state index contributed by atoms with van der Waals surface area (Å²) in [4.78, 5) is 9.25. The van der Waals surface area contributed by atoms with Crippen molar-refractivity contribution in [2.45, 2.75) is 49.9 Å². The van der Waals surface area contributed by atoms with Gasteiger partial charge in [0.1, 0.15) is 5.82 Å². The molecule has 3 rings (SSSR count). The summed E-state index contributed by atoms with van der Waals surface area (Å²) in [6.07, 6.45) is 9.39. The molecule has 86 valence electrons. The Labute approximate surface area is 96.5 Å². The normalized spacial score (nSPS) is 23.6. The summed E-state index contributed by atoms with van der Waals surface area (Å²) in [6, 6.07) is 2.07. The van der Waals surface area contributed by atoms with Crippen molar-refractivity contribution < 1.29 is 0 Å². The Hall–Kier alpha value is -0.960. The summed E-state index contributed by atoms with van der Waals surface area (Å²) < 4.78 is 0. The van der Waals surface area contributed by atoms with E-state index in [1.54, 1.807) is 0 Å². The summed E-state index contributed by atoms with van der Waals surface area (Å²) in [7, 11) is 0. The molecule has 0 saturated heterocycles. The number of aromatic nitrogens is 2. The van der Waals surface area contributed by atoms with Crippen LogP contribution in [0.2, 0.25) is 0 Å². The molecule has 1 heterocycles. The van der Waals surface area contributed by atoms with Crippen molar-refractivity contribution in [1.29, 1.82) is 0 Å². The van der Waals surface area contributed by atoms with Crippen molar-refractivity contribution in [3.8, 4) is 0 Å². The summed E-state index contributed by atoms with van der Waals surface area (Å²) >= 11 is 0. The standard InChI is InChI=1S/C13H19N3/c14-9-13(6-1-2-7-13)12-15-8-5-11(16-12)10-3-4-10/h5,8,10H,1-4,6-7,9,14H2. The van der Waals surface area contributed by atoms with Gasteiger partial charge in [-0.25, -0.2) is 9.97 Å². The van der Waals surface area contributed by atoms with Gasteiger partial charge in [0.2, 0.25) is 0 Å². The Morgan fingerprint density at radius 3 is 2.69 bits per heavy atom. The van der Waals surface area contributed by atoms with Crippen molar-refractivity contribution in [1.82, 2.24) is 9.97 Å². The fraction of sp³-hybridized carbons (Fsp3) is 0.692. The maximum absolute atomic E-state index is 5.96. The molecule has 0 amide bonds. The molecule has 16 heavy (non-hydrogen) atoms. The van der Waals surface area contributed by atoms with Gasteiger partial charge >= 0.3 is 0 Å². The van der Waals surface area contributed by atoms with Crippen LogP contribution in [0.25, 0.3) is 0 Å². The van der Waals surface area contributed by atoms with Gasteiger partial charge in [-0.15, -0.1) is 0 Å². The Kier molecular flexibility index (Phi) is 2.43. The number of hydrogen-bond acceptors (Lipinski definition) is 3. The molecule has 2 saturated carbocycles. The van der Waals surface area contributed by atoms with Crippen LogP contribution in [-0.4, -0.2) is 16.5 Å². The van der Waals surface area contributed by atoms with Gasteiger partial charge in [0, 0.05) is 29.8 Å². The van der Waals surface area contributed by atoms with Gasteiger partial charge < -0.3 is 5.73 Å². The molecule has 2 fully saturated rings. The molecule has 0 aliphatic heterocycles. The van der Waals surface area contributed by atoms with E-state index in [4.69, 9.17) is 10.7 Å². The first kappa shape index (κ1) is 10.2. The van der Waals surface area contributed by atoms with Crippen molar-refractivity contribution in [2.75, 3.05) is 6.54 Å². The smallest absolute Gasteiger partial charge is 0.135 e. The minimum absolute atomic E-state index is 0.0882. The van der Waals surface area contributed by atoms with Crippen LogP contribution in [0.1, 0.15) is 56.0 Å². The van der Waals surface area contributed by atoms with Gasteiger partial charge in [0.05, 0.1) is 0 Å². The minimum Gasteiger partial charge on any atom is -0.329 e. The summed E-state index contributed by atoms with van der Waals surface area (Å²) in [5, 5.41) is 0. The lowest BCUT2D eigenvalue weighted by Crippen LogP contribution is -2.34. The zero-order chi connectivity index (χ0) is 11.0. The molecule has 0 atom stereocenters. The Morgan fingerprint density at radius 1 is 1.31 bits per heavy atom. The quantitative estimate of drug-likeness (QED) is 0.843. The third-order valence-corrected chi connectivity index (χ3v) is 4.10. The molecule has 3 heteroatoms. The van der Waals surface area contributed by atoms with Crippen LogP contribution >= 0.6 is 0 Å². The largest absolute Gasteiger partial charge is 0.329 e. The monoisotopic (exact) mass is 217 g/mol. The molecular formula is C13H19N3. The van der Waals surface area contributed by atoms with Crippen molar-refractivity contribution >= 4 is 0 Å². The van der Waals surface area contributed by atoms with Crippen LogP contribution < -0.4 is 5.73 Å². The molecule has 2 N–H and O–H groups in total. The first-order chi connectivity index (χ1) is 7.84. The Balaban J connectivity index is 1.94. The average molecular weight is 217 g/mol. The highest BCUT2D eigenvalue weighted by Gasteiger charge is 2.37. The van der Waals surface area contributed by atoms with E-state index in [0.29, 0.717) is 12.5 Å². The highest BCUT2D eigenvalue weighted by molar-refractivity contribution is 5.19. The van der Waals surface area contributed by atoms with Crippen LogP contribution in [-0.2, 0) is 5.41 Å². The van der Waals surface area contributed by atoms with E-state index in [1.807, 2.05) is 6.20 Å².